The molecule has 0 N–H and O–H groups in total. The van der Waals surface area contributed by atoms with Crippen LogP contribution in [0.4, 0.5) is 0 Å². The van der Waals surface area contributed by atoms with E-state index in [1.807, 2.05) is 0 Å². The lowest BCUT2D eigenvalue weighted by Gasteiger charge is -2.34. The van der Waals surface area contributed by atoms with Gasteiger partial charge in [-0.05, 0) is 18.8 Å². The molecule has 0 spiro atoms. The van der Waals surface area contributed by atoms with Crippen LogP contribution in [0.25, 0.3) is 0 Å². The molecule has 0 aromatic heterocycles. The molecule has 2 aliphatic heterocycles. The number of hydrogen-bond acceptors (Lipinski definition) is 3. The van der Waals surface area contributed by atoms with Crippen LogP contribution in [-0.4, -0.2) is 61.8 Å². The van der Waals surface area contributed by atoms with Gasteiger partial charge in [-0.15, -0.1) is 0 Å². The molecule has 1 aliphatic carbocycles. The molecular formula is C11H20N2O. The fourth-order valence-electron chi connectivity index (χ4n) is 2.28. The van der Waals surface area contributed by atoms with Crippen molar-refractivity contribution in [2.45, 2.75) is 18.9 Å². The molecule has 1 saturated carbocycles. The molecule has 0 amide bonds. The van der Waals surface area contributed by atoms with E-state index >= 15 is 0 Å². The van der Waals surface area contributed by atoms with Gasteiger partial charge in [0.05, 0.1) is 12.7 Å². The maximum atomic E-state index is 5.26. The number of epoxide rings is 1. The molecule has 80 valence electrons. The van der Waals surface area contributed by atoms with Crippen LogP contribution in [0.3, 0.4) is 0 Å². The van der Waals surface area contributed by atoms with Gasteiger partial charge >= 0.3 is 0 Å². The van der Waals surface area contributed by atoms with Crippen LogP contribution < -0.4 is 0 Å². The second-order valence-electron chi connectivity index (χ2n) is 5.00. The van der Waals surface area contributed by atoms with E-state index in [1.54, 1.807) is 0 Å². The van der Waals surface area contributed by atoms with E-state index in [1.165, 1.54) is 52.1 Å². The summed E-state index contributed by atoms with van der Waals surface area (Å²) in [6, 6.07) is 0. The zero-order chi connectivity index (χ0) is 9.38. The number of piperazine rings is 1. The Labute approximate surface area is 86.0 Å². The fourth-order valence-corrected chi connectivity index (χ4v) is 2.28. The SMILES string of the molecule is C1CC1CN1CCN(CC2CO2)CC1. The average Bonchev–Trinajstić information content (AvgIpc) is 3.02. The molecule has 1 unspecified atom stereocenters. The van der Waals surface area contributed by atoms with Gasteiger partial charge in [0.1, 0.15) is 0 Å². The second kappa shape index (κ2) is 3.80. The van der Waals surface area contributed by atoms with Gasteiger partial charge in [-0.1, -0.05) is 0 Å². The molecule has 3 rings (SSSR count). The molecule has 2 heterocycles. The maximum Gasteiger partial charge on any atom is 0.0936 e. The first-order valence-corrected chi connectivity index (χ1v) is 5.96. The lowest BCUT2D eigenvalue weighted by Crippen LogP contribution is -2.47. The van der Waals surface area contributed by atoms with E-state index < -0.39 is 0 Å². The number of nitrogens with zero attached hydrogens (tertiary/aromatic N) is 2. The van der Waals surface area contributed by atoms with Gasteiger partial charge in [0.2, 0.25) is 0 Å². The summed E-state index contributed by atoms with van der Waals surface area (Å²) < 4.78 is 5.26. The van der Waals surface area contributed by atoms with Crippen molar-refractivity contribution in [1.82, 2.24) is 9.80 Å². The normalized spacial score (nSPS) is 34.7. The first-order chi connectivity index (χ1) is 6.90. The summed E-state index contributed by atoms with van der Waals surface area (Å²) in [7, 11) is 0. The predicted octanol–water partition coefficient (Wildman–Crippen LogP) is 0.413. The average molecular weight is 196 g/mol. The standard InChI is InChI=1S/C11H20N2O/c1-2-10(1)7-12-3-5-13(6-4-12)8-11-9-14-11/h10-11H,1-9H2. The third-order valence-corrected chi connectivity index (χ3v) is 3.54. The minimum Gasteiger partial charge on any atom is -0.372 e. The van der Waals surface area contributed by atoms with E-state index in [0.717, 1.165) is 12.5 Å². The monoisotopic (exact) mass is 196 g/mol. The highest BCUT2D eigenvalue weighted by molar-refractivity contribution is 4.82. The third-order valence-electron chi connectivity index (χ3n) is 3.54. The number of ether oxygens (including phenoxy) is 1. The Bertz CT molecular complexity index is 171. The van der Waals surface area contributed by atoms with Crippen LogP contribution in [0.2, 0.25) is 0 Å². The Morgan fingerprint density at radius 2 is 1.50 bits per heavy atom. The van der Waals surface area contributed by atoms with Crippen LogP contribution in [0.1, 0.15) is 12.8 Å². The highest BCUT2D eigenvalue weighted by Crippen LogP contribution is 2.29. The highest BCUT2D eigenvalue weighted by Gasteiger charge is 2.29. The van der Waals surface area contributed by atoms with E-state index in [0.29, 0.717) is 6.10 Å². The summed E-state index contributed by atoms with van der Waals surface area (Å²) in [6.07, 6.45) is 3.54. The van der Waals surface area contributed by atoms with Crippen molar-refractivity contribution in [3.63, 3.8) is 0 Å². The first kappa shape index (κ1) is 9.13. The van der Waals surface area contributed by atoms with Gasteiger partial charge in [-0.3, -0.25) is 4.90 Å². The van der Waals surface area contributed by atoms with Crippen LogP contribution >= 0.6 is 0 Å². The molecule has 0 aromatic carbocycles. The van der Waals surface area contributed by atoms with Crippen molar-refractivity contribution >= 4 is 0 Å². The molecule has 1 atom stereocenters. The smallest absolute Gasteiger partial charge is 0.0936 e. The van der Waals surface area contributed by atoms with Crippen molar-refractivity contribution < 1.29 is 4.74 Å². The van der Waals surface area contributed by atoms with Crippen LogP contribution in [0.5, 0.6) is 0 Å². The van der Waals surface area contributed by atoms with Crippen LogP contribution in [0.15, 0.2) is 0 Å². The van der Waals surface area contributed by atoms with Crippen LogP contribution in [0, 0.1) is 5.92 Å². The Morgan fingerprint density at radius 3 is 2.00 bits per heavy atom. The molecule has 14 heavy (non-hydrogen) atoms. The van der Waals surface area contributed by atoms with E-state index in [9.17, 15) is 0 Å². The van der Waals surface area contributed by atoms with Crippen LogP contribution in [-0.2, 0) is 4.74 Å². The Hall–Kier alpha value is -0.120. The molecule has 3 nitrogen and oxygen atoms in total. The van der Waals surface area contributed by atoms with E-state index in [-0.39, 0.29) is 0 Å². The summed E-state index contributed by atoms with van der Waals surface area (Å²) in [5.41, 5.74) is 0. The summed E-state index contributed by atoms with van der Waals surface area (Å²) >= 11 is 0. The summed E-state index contributed by atoms with van der Waals surface area (Å²) in [4.78, 5) is 5.20. The topological polar surface area (TPSA) is 19.0 Å². The largest absolute Gasteiger partial charge is 0.372 e. The fraction of sp³-hybridized carbons (Fsp3) is 1.00. The number of hydrogen-bond donors (Lipinski definition) is 0. The lowest BCUT2D eigenvalue weighted by atomic mass is 10.2. The van der Waals surface area contributed by atoms with Crippen molar-refractivity contribution in [1.29, 1.82) is 0 Å². The minimum absolute atomic E-state index is 0.574. The zero-order valence-corrected chi connectivity index (χ0v) is 8.82. The Morgan fingerprint density at radius 1 is 0.929 bits per heavy atom. The van der Waals surface area contributed by atoms with E-state index in [2.05, 4.69) is 9.80 Å². The summed E-state index contributed by atoms with van der Waals surface area (Å²) in [5, 5.41) is 0. The van der Waals surface area contributed by atoms with Gasteiger partial charge in [0.25, 0.3) is 0 Å². The molecule has 2 saturated heterocycles. The van der Waals surface area contributed by atoms with E-state index in [4.69, 9.17) is 4.74 Å². The van der Waals surface area contributed by atoms with Crippen molar-refractivity contribution in [2.75, 3.05) is 45.9 Å². The molecule has 0 bridgehead atoms. The molecule has 0 radical (unpaired) electrons. The second-order valence-corrected chi connectivity index (χ2v) is 5.00. The van der Waals surface area contributed by atoms with Crippen molar-refractivity contribution in [3.8, 4) is 0 Å². The van der Waals surface area contributed by atoms with Gasteiger partial charge < -0.3 is 9.64 Å². The van der Waals surface area contributed by atoms with Gasteiger partial charge in [0, 0.05) is 39.3 Å². The predicted molar refractivity (Wildman–Crippen MR) is 55.3 cm³/mol. The minimum atomic E-state index is 0.574. The molecule has 3 fully saturated rings. The quantitative estimate of drug-likeness (QED) is 0.607. The summed E-state index contributed by atoms with van der Waals surface area (Å²) in [6.45, 7) is 8.62. The van der Waals surface area contributed by atoms with Gasteiger partial charge in [-0.2, -0.15) is 0 Å². The third kappa shape index (κ3) is 2.47. The molecule has 3 aliphatic rings. The Balaban J connectivity index is 1.37. The van der Waals surface area contributed by atoms with Gasteiger partial charge in [0.15, 0.2) is 0 Å². The first-order valence-electron chi connectivity index (χ1n) is 5.96. The Kier molecular flexibility index (Phi) is 2.48. The lowest BCUT2D eigenvalue weighted by molar-refractivity contribution is 0.121. The molecule has 3 heteroatoms. The summed E-state index contributed by atoms with van der Waals surface area (Å²) in [5.74, 6) is 1.05. The highest BCUT2D eigenvalue weighted by atomic mass is 16.6. The maximum absolute atomic E-state index is 5.26. The molecule has 0 aromatic rings. The van der Waals surface area contributed by atoms with Gasteiger partial charge in [-0.25, -0.2) is 0 Å². The van der Waals surface area contributed by atoms with Crippen molar-refractivity contribution in [2.24, 2.45) is 5.92 Å². The molecular weight excluding hydrogens is 176 g/mol. The van der Waals surface area contributed by atoms with Crippen molar-refractivity contribution in [3.05, 3.63) is 0 Å². The zero-order valence-electron chi connectivity index (χ0n) is 8.82. The number of rotatable bonds is 4.